The number of carbonyl (C=O) groups is 9. The molecule has 0 aliphatic carbocycles. The van der Waals surface area contributed by atoms with Crippen molar-refractivity contribution >= 4 is 70.0 Å². The lowest BCUT2D eigenvalue weighted by atomic mass is 10.0. The molecule has 0 saturated carbocycles. The summed E-state index contributed by atoms with van der Waals surface area (Å²) in [5.41, 5.74) is 30.4. The molecule has 1 saturated heterocycles. The SMILES string of the molecule is CC(=O)N[C@@H](CCCN=C(N)N)C(=O)N[C@H]1CC(=O)NCCCCC(C(N)=O)NC(=O)[C@H](Cc2c[nH]c3ccccc23)NC(=O)[C@H](CCCCN)NC(=O)[C@@H](Cc2ccccc2)NC(=O)[C@H](CCCCN)NC1=O. The summed E-state index contributed by atoms with van der Waals surface area (Å²) in [6, 6.07) is 6.99. The molecule has 0 radical (unpaired) electrons. The maximum atomic E-state index is 14.6. The zero-order valence-electron chi connectivity index (χ0n) is 42.1. The second-order valence-electron chi connectivity index (χ2n) is 18.3. The number of benzene rings is 2. The molecule has 3 aromatic rings. The van der Waals surface area contributed by atoms with E-state index in [2.05, 4.69) is 52.5 Å². The first-order valence-corrected chi connectivity index (χ1v) is 25.2. The molecule has 1 fully saturated rings. The molecule has 4 rings (SSSR count). The summed E-state index contributed by atoms with van der Waals surface area (Å²) in [5, 5.41) is 22.4. The molecule has 1 aliphatic heterocycles. The molecular formula is C50H75N15O9. The van der Waals surface area contributed by atoms with Crippen LogP contribution in [0.2, 0.25) is 0 Å². The van der Waals surface area contributed by atoms with E-state index in [0.717, 1.165) is 10.9 Å². The highest BCUT2D eigenvalue weighted by Gasteiger charge is 2.35. The van der Waals surface area contributed by atoms with Gasteiger partial charge in [0, 0.05) is 50.0 Å². The van der Waals surface area contributed by atoms with Crippen molar-refractivity contribution in [2.75, 3.05) is 26.2 Å². The van der Waals surface area contributed by atoms with Crippen LogP contribution < -0.4 is 71.2 Å². The highest BCUT2D eigenvalue weighted by atomic mass is 16.2. The first-order valence-electron chi connectivity index (χ1n) is 25.2. The molecule has 2 aromatic carbocycles. The van der Waals surface area contributed by atoms with Crippen molar-refractivity contribution in [1.29, 1.82) is 0 Å². The Kier molecular flexibility index (Phi) is 24.8. The predicted octanol–water partition coefficient (Wildman–Crippen LogP) is -2.15. The average molecular weight is 1030 g/mol. The van der Waals surface area contributed by atoms with Gasteiger partial charge >= 0.3 is 0 Å². The van der Waals surface area contributed by atoms with Gasteiger partial charge in [0.2, 0.25) is 53.2 Å². The number of hydrogen-bond donors (Lipinski definition) is 14. The Balaban J connectivity index is 1.76. The fraction of sp³-hybridized carbons (Fsp3) is 0.520. The quantitative estimate of drug-likeness (QED) is 0.0327. The number of aromatic nitrogens is 1. The molecule has 404 valence electrons. The topological polar surface area (TPSA) is 408 Å². The molecule has 19 N–H and O–H groups in total. The zero-order valence-corrected chi connectivity index (χ0v) is 42.1. The first kappa shape index (κ1) is 59.0. The van der Waals surface area contributed by atoms with Crippen LogP contribution in [0.25, 0.3) is 10.9 Å². The molecule has 1 aromatic heterocycles. The number of aliphatic imine (C=N–C) groups is 1. The lowest BCUT2D eigenvalue weighted by Gasteiger charge is -2.28. The third-order valence-electron chi connectivity index (χ3n) is 12.4. The summed E-state index contributed by atoms with van der Waals surface area (Å²) < 4.78 is 0. The third-order valence-corrected chi connectivity index (χ3v) is 12.4. The van der Waals surface area contributed by atoms with Crippen molar-refractivity contribution in [3.63, 3.8) is 0 Å². The van der Waals surface area contributed by atoms with Crippen LogP contribution in [0.15, 0.2) is 65.8 Å². The number of para-hydroxylation sites is 1. The van der Waals surface area contributed by atoms with Crippen molar-refractivity contribution in [1.82, 2.24) is 47.5 Å². The minimum atomic E-state index is -1.59. The van der Waals surface area contributed by atoms with E-state index < -0.39 is 102 Å². The van der Waals surface area contributed by atoms with E-state index in [1.165, 1.54) is 6.92 Å². The van der Waals surface area contributed by atoms with Crippen LogP contribution >= 0.6 is 0 Å². The summed E-state index contributed by atoms with van der Waals surface area (Å²) in [6.07, 6.45) is 3.69. The van der Waals surface area contributed by atoms with Crippen LogP contribution in [0.4, 0.5) is 0 Å². The predicted molar refractivity (Wildman–Crippen MR) is 278 cm³/mol. The second kappa shape index (κ2) is 31.1. The van der Waals surface area contributed by atoms with Gasteiger partial charge in [0.05, 0.1) is 6.42 Å². The summed E-state index contributed by atoms with van der Waals surface area (Å²) in [4.78, 5) is 132. The summed E-state index contributed by atoms with van der Waals surface area (Å²) in [5.74, 6) is -6.98. The normalized spacial score (nSPS) is 21.3. The van der Waals surface area contributed by atoms with Crippen molar-refractivity contribution < 1.29 is 43.2 Å². The Morgan fingerprint density at radius 1 is 0.689 bits per heavy atom. The van der Waals surface area contributed by atoms with Gasteiger partial charge in [-0.1, -0.05) is 48.5 Å². The van der Waals surface area contributed by atoms with Crippen LogP contribution in [-0.4, -0.2) is 133 Å². The van der Waals surface area contributed by atoms with Crippen molar-refractivity contribution in [3.05, 3.63) is 71.9 Å². The molecule has 1 unspecified atom stereocenters. The van der Waals surface area contributed by atoms with E-state index in [0.29, 0.717) is 36.8 Å². The number of guanidine groups is 1. The smallest absolute Gasteiger partial charge is 0.243 e. The fourth-order valence-electron chi connectivity index (χ4n) is 8.42. The number of aromatic amines is 1. The van der Waals surface area contributed by atoms with Gasteiger partial charge in [-0.05, 0) is 101 Å². The highest BCUT2D eigenvalue weighted by molar-refractivity contribution is 5.99. The molecule has 0 bridgehead atoms. The van der Waals surface area contributed by atoms with Gasteiger partial charge in [0.25, 0.3) is 0 Å². The maximum absolute atomic E-state index is 14.6. The molecule has 24 nitrogen and oxygen atoms in total. The minimum Gasteiger partial charge on any atom is -0.370 e. The Morgan fingerprint density at radius 2 is 1.27 bits per heavy atom. The van der Waals surface area contributed by atoms with Crippen molar-refractivity contribution in [2.45, 2.75) is 139 Å². The number of carbonyl (C=O) groups excluding carboxylic acids is 9. The van der Waals surface area contributed by atoms with Crippen LogP contribution in [0.5, 0.6) is 0 Å². The Hall–Kier alpha value is -7.60. The van der Waals surface area contributed by atoms with Crippen molar-refractivity contribution in [2.24, 2.45) is 33.7 Å². The van der Waals surface area contributed by atoms with Gasteiger partial charge in [0.1, 0.15) is 42.3 Å². The molecule has 9 amide bonds. The number of unbranched alkanes of at least 4 members (excludes halogenated alkanes) is 2. The largest absolute Gasteiger partial charge is 0.370 e. The second-order valence-corrected chi connectivity index (χ2v) is 18.3. The van der Waals surface area contributed by atoms with E-state index in [9.17, 15) is 43.2 Å². The minimum absolute atomic E-state index is 0.0247. The van der Waals surface area contributed by atoms with E-state index in [1.54, 1.807) is 36.5 Å². The van der Waals surface area contributed by atoms with Gasteiger partial charge < -0.3 is 76.2 Å². The maximum Gasteiger partial charge on any atom is 0.243 e. The monoisotopic (exact) mass is 1030 g/mol. The number of nitrogens with zero attached hydrogens (tertiary/aromatic N) is 1. The zero-order chi connectivity index (χ0) is 54.0. The number of nitrogens with two attached hydrogens (primary N) is 5. The van der Waals surface area contributed by atoms with E-state index in [-0.39, 0.29) is 89.9 Å². The molecular weight excluding hydrogens is 955 g/mol. The summed E-state index contributed by atoms with van der Waals surface area (Å²) in [7, 11) is 0. The standard InChI is InChI=1S/C50H75N15O9/c1-30(66)59-36(21-13-25-57-50(54)55)44(69)65-41-28-42(67)56-24-12-9-18-35(43(53)68)60-48(73)40(27-32-29-58-34-17-6-5-16-33(32)34)64-46(71)38(20-8-11-23-52)61-47(72)39(26-31-14-3-2-4-15-31)63-45(70)37(62-49(41)74)19-7-10-22-51/h2-6,14-17,29,35-41,58H,7-13,18-28,51-52H2,1H3,(H2,53,68)(H,56,67)(H,59,66)(H,60,73)(H,61,72)(H,62,74)(H,63,70)(H,64,71)(H,65,69)(H4,54,55,57)/t35?,36-,37-,38-,39+,40-,41-/m0/s1. The Bertz CT molecular complexity index is 2390. The summed E-state index contributed by atoms with van der Waals surface area (Å²) >= 11 is 0. The van der Waals surface area contributed by atoms with Gasteiger partial charge in [-0.25, -0.2) is 0 Å². The van der Waals surface area contributed by atoms with Crippen LogP contribution in [0, 0.1) is 0 Å². The Labute approximate surface area is 430 Å². The van der Waals surface area contributed by atoms with Crippen LogP contribution in [-0.2, 0) is 56.0 Å². The molecule has 0 spiro atoms. The Morgan fingerprint density at radius 3 is 1.89 bits per heavy atom. The molecule has 24 heteroatoms. The molecule has 7 atom stereocenters. The van der Waals surface area contributed by atoms with E-state index in [1.807, 2.05) is 24.3 Å². The number of hydrogen-bond acceptors (Lipinski definition) is 12. The first-order chi connectivity index (χ1) is 35.5. The number of primary amides is 1. The van der Waals surface area contributed by atoms with E-state index in [4.69, 9.17) is 28.7 Å². The third kappa shape index (κ3) is 20.1. The van der Waals surface area contributed by atoms with E-state index >= 15 is 0 Å². The number of H-pyrrole nitrogens is 1. The van der Waals surface area contributed by atoms with Gasteiger partial charge in [-0.3, -0.25) is 48.1 Å². The molecule has 1 aliphatic rings. The number of amides is 9. The van der Waals surface area contributed by atoms with Crippen LogP contribution in [0.3, 0.4) is 0 Å². The summed E-state index contributed by atoms with van der Waals surface area (Å²) in [6.45, 7) is 1.92. The van der Waals surface area contributed by atoms with Crippen molar-refractivity contribution in [3.8, 4) is 0 Å². The van der Waals surface area contributed by atoms with Gasteiger partial charge in [-0.2, -0.15) is 0 Å². The number of fused-ring (bicyclic) bond motifs is 1. The lowest BCUT2D eigenvalue weighted by molar-refractivity contribution is -0.136. The van der Waals surface area contributed by atoms with Gasteiger partial charge in [0.15, 0.2) is 5.96 Å². The number of rotatable bonds is 20. The molecule has 2 heterocycles. The number of nitrogens with one attached hydrogen (secondary N) is 9. The molecule has 74 heavy (non-hydrogen) atoms. The average Bonchev–Trinajstić information content (AvgIpc) is 3.77. The fourth-order valence-corrected chi connectivity index (χ4v) is 8.42. The highest BCUT2D eigenvalue weighted by Crippen LogP contribution is 2.20. The van der Waals surface area contributed by atoms with Crippen LogP contribution in [0.1, 0.15) is 95.1 Å². The van der Waals surface area contributed by atoms with Gasteiger partial charge in [-0.15, -0.1) is 0 Å². The lowest BCUT2D eigenvalue weighted by Crippen LogP contribution is -2.60.